The number of benzene rings is 4. The summed E-state index contributed by atoms with van der Waals surface area (Å²) in [6.07, 6.45) is 0. The summed E-state index contributed by atoms with van der Waals surface area (Å²) in [7, 11) is -4.01. The number of carboxylic acid groups (broad SMARTS) is 1. The average molecular weight is 518 g/mol. The number of carboxylic acids is 1. The Morgan fingerprint density at radius 1 is 0.833 bits per heavy atom. The predicted octanol–water partition coefficient (Wildman–Crippen LogP) is 6.85. The summed E-state index contributed by atoms with van der Waals surface area (Å²) in [5, 5.41) is 10.0. The van der Waals surface area contributed by atoms with Gasteiger partial charge in [-0.25, -0.2) is 13.2 Å². The zero-order valence-corrected chi connectivity index (χ0v) is 20.4. The van der Waals surface area contributed by atoms with Crippen molar-refractivity contribution in [2.24, 2.45) is 0 Å². The number of sulfonamides is 1. The van der Waals surface area contributed by atoms with Crippen LogP contribution in [0.25, 0.3) is 22.1 Å². The minimum Gasteiger partial charge on any atom is -0.475 e. The number of furan rings is 1. The molecule has 4 aromatic carbocycles. The van der Waals surface area contributed by atoms with Crippen LogP contribution in [-0.2, 0) is 16.6 Å². The quantitative estimate of drug-likeness (QED) is 0.255. The lowest BCUT2D eigenvalue weighted by molar-refractivity contribution is 0.0665. The Morgan fingerprint density at radius 2 is 1.56 bits per heavy atom. The fourth-order valence-electron chi connectivity index (χ4n) is 3.96. The van der Waals surface area contributed by atoms with E-state index in [1.54, 1.807) is 30.3 Å². The largest absolute Gasteiger partial charge is 0.475 e. The van der Waals surface area contributed by atoms with Crippen molar-refractivity contribution in [1.82, 2.24) is 0 Å². The second kappa shape index (κ2) is 9.53. The highest BCUT2D eigenvalue weighted by Crippen LogP contribution is 2.31. The zero-order chi connectivity index (χ0) is 25.3. The molecule has 0 aliphatic carbocycles. The molecule has 0 bridgehead atoms. The van der Waals surface area contributed by atoms with Gasteiger partial charge >= 0.3 is 5.97 Å². The van der Waals surface area contributed by atoms with E-state index in [-0.39, 0.29) is 17.2 Å². The number of aromatic carboxylic acids is 1. The van der Waals surface area contributed by atoms with Gasteiger partial charge in [-0.2, -0.15) is 0 Å². The third-order valence-electron chi connectivity index (χ3n) is 5.77. The fourth-order valence-corrected chi connectivity index (χ4v) is 5.71. The van der Waals surface area contributed by atoms with Gasteiger partial charge in [-0.1, -0.05) is 72.3 Å². The Bertz CT molecular complexity index is 1660. The number of halogens is 1. The van der Waals surface area contributed by atoms with Crippen molar-refractivity contribution in [2.45, 2.75) is 11.4 Å². The van der Waals surface area contributed by atoms with E-state index in [0.717, 1.165) is 16.7 Å². The van der Waals surface area contributed by atoms with Crippen molar-refractivity contribution in [3.05, 3.63) is 119 Å². The number of hydrogen-bond acceptors (Lipinski definition) is 4. The molecule has 0 saturated heterocycles. The first kappa shape index (κ1) is 23.7. The fraction of sp³-hybridized carbons (Fsp3) is 0.0357. The molecule has 0 spiro atoms. The van der Waals surface area contributed by atoms with E-state index in [9.17, 15) is 18.3 Å². The monoisotopic (exact) mass is 517 g/mol. The van der Waals surface area contributed by atoms with Crippen LogP contribution in [0.2, 0.25) is 5.02 Å². The Hall–Kier alpha value is -4.07. The highest BCUT2D eigenvalue weighted by Gasteiger charge is 2.26. The number of nitrogens with zero attached hydrogens (tertiary/aromatic N) is 1. The maximum Gasteiger partial charge on any atom is 0.371 e. The van der Waals surface area contributed by atoms with Gasteiger partial charge in [0.05, 0.1) is 17.1 Å². The molecule has 0 unspecified atom stereocenters. The molecule has 1 aromatic heterocycles. The highest BCUT2D eigenvalue weighted by atomic mass is 35.5. The smallest absolute Gasteiger partial charge is 0.371 e. The molecular weight excluding hydrogens is 498 g/mol. The van der Waals surface area contributed by atoms with E-state index in [4.69, 9.17) is 16.0 Å². The van der Waals surface area contributed by atoms with Gasteiger partial charge in [-0.3, -0.25) is 4.31 Å². The molecule has 0 aliphatic heterocycles. The third kappa shape index (κ3) is 4.71. The van der Waals surface area contributed by atoms with Crippen LogP contribution in [0.1, 0.15) is 16.1 Å². The molecule has 0 aliphatic rings. The van der Waals surface area contributed by atoms with Gasteiger partial charge in [0.2, 0.25) is 5.76 Å². The molecule has 5 rings (SSSR count). The number of rotatable bonds is 7. The summed E-state index contributed by atoms with van der Waals surface area (Å²) in [6, 6.07) is 29.8. The summed E-state index contributed by atoms with van der Waals surface area (Å²) in [4.78, 5) is 11.4. The van der Waals surface area contributed by atoms with Crippen molar-refractivity contribution in [2.75, 3.05) is 4.31 Å². The maximum absolute atomic E-state index is 13.8. The van der Waals surface area contributed by atoms with Crippen molar-refractivity contribution < 1.29 is 22.7 Å². The van der Waals surface area contributed by atoms with Gasteiger partial charge in [0.15, 0.2) is 0 Å². The molecule has 1 heterocycles. The predicted molar refractivity (Wildman–Crippen MR) is 140 cm³/mol. The van der Waals surface area contributed by atoms with E-state index < -0.39 is 16.0 Å². The topological polar surface area (TPSA) is 87.8 Å². The molecular formula is C28H20ClNO5S. The van der Waals surface area contributed by atoms with Crippen LogP contribution in [0.5, 0.6) is 0 Å². The van der Waals surface area contributed by atoms with Crippen LogP contribution in [0.15, 0.2) is 112 Å². The van der Waals surface area contributed by atoms with Crippen molar-refractivity contribution in [3.8, 4) is 11.1 Å². The lowest BCUT2D eigenvalue weighted by Gasteiger charge is -2.25. The Kier molecular flexibility index (Phi) is 6.26. The molecule has 0 atom stereocenters. The molecule has 0 radical (unpaired) electrons. The van der Waals surface area contributed by atoms with Crippen molar-refractivity contribution in [3.63, 3.8) is 0 Å². The Balaban J connectivity index is 1.57. The average Bonchev–Trinajstić information content (AvgIpc) is 3.32. The standard InChI is InChI=1S/C28H20ClNO5S/c29-23-7-4-8-25(17-23)36(33,34)30(24-13-14-26-22(15-24)16-27(35-26)28(31)32)18-19-9-11-21(12-10-19)20-5-2-1-3-6-20/h1-17H,18H2,(H,31,32). The molecule has 180 valence electrons. The minimum atomic E-state index is -4.01. The molecule has 0 saturated carbocycles. The van der Waals surface area contributed by atoms with Crippen LogP contribution >= 0.6 is 11.6 Å². The molecule has 6 nitrogen and oxygen atoms in total. The molecule has 0 amide bonds. The number of fused-ring (bicyclic) bond motifs is 1. The van der Waals surface area contributed by atoms with Crippen molar-refractivity contribution in [1.29, 1.82) is 0 Å². The van der Waals surface area contributed by atoms with Gasteiger partial charge < -0.3 is 9.52 Å². The molecule has 36 heavy (non-hydrogen) atoms. The normalized spacial score (nSPS) is 11.5. The second-order valence-corrected chi connectivity index (χ2v) is 10.5. The van der Waals surface area contributed by atoms with E-state index in [1.165, 1.54) is 22.5 Å². The zero-order valence-electron chi connectivity index (χ0n) is 18.8. The highest BCUT2D eigenvalue weighted by molar-refractivity contribution is 7.92. The number of carbonyl (C=O) groups is 1. The van der Waals surface area contributed by atoms with E-state index >= 15 is 0 Å². The van der Waals surface area contributed by atoms with Crippen LogP contribution in [0, 0.1) is 0 Å². The first-order chi connectivity index (χ1) is 17.3. The lowest BCUT2D eigenvalue weighted by Crippen LogP contribution is -2.30. The summed E-state index contributed by atoms with van der Waals surface area (Å²) in [6.45, 7) is 0.0546. The molecule has 5 aromatic rings. The summed E-state index contributed by atoms with van der Waals surface area (Å²) >= 11 is 6.10. The Labute approximate surface area is 213 Å². The summed E-state index contributed by atoms with van der Waals surface area (Å²) in [5.74, 6) is -1.42. The van der Waals surface area contributed by atoms with Crippen molar-refractivity contribution >= 4 is 44.3 Å². The van der Waals surface area contributed by atoms with Crippen LogP contribution in [-0.4, -0.2) is 19.5 Å². The van der Waals surface area contributed by atoms with Gasteiger partial charge in [0.1, 0.15) is 5.58 Å². The second-order valence-electron chi connectivity index (χ2n) is 8.17. The molecule has 8 heteroatoms. The molecule has 1 N–H and O–H groups in total. The van der Waals surface area contributed by atoms with E-state index in [1.807, 2.05) is 54.6 Å². The summed E-state index contributed by atoms with van der Waals surface area (Å²) in [5.41, 5.74) is 3.58. The third-order valence-corrected chi connectivity index (χ3v) is 7.77. The molecule has 0 fully saturated rings. The van der Waals surface area contributed by atoms with Crippen LogP contribution < -0.4 is 4.31 Å². The van der Waals surface area contributed by atoms with E-state index in [0.29, 0.717) is 21.7 Å². The summed E-state index contributed by atoms with van der Waals surface area (Å²) < 4.78 is 34.2. The van der Waals surface area contributed by atoms with Gasteiger partial charge in [0.25, 0.3) is 10.0 Å². The van der Waals surface area contributed by atoms with Gasteiger partial charge in [0, 0.05) is 10.4 Å². The van der Waals surface area contributed by atoms with E-state index in [2.05, 4.69) is 0 Å². The first-order valence-corrected chi connectivity index (χ1v) is 12.8. The minimum absolute atomic E-state index is 0.0504. The van der Waals surface area contributed by atoms with Crippen LogP contribution in [0.4, 0.5) is 5.69 Å². The van der Waals surface area contributed by atoms with Crippen LogP contribution in [0.3, 0.4) is 0 Å². The maximum atomic E-state index is 13.8. The van der Waals surface area contributed by atoms with Gasteiger partial charge in [-0.15, -0.1) is 0 Å². The van der Waals surface area contributed by atoms with Gasteiger partial charge in [-0.05, 0) is 59.2 Å². The SMILES string of the molecule is O=C(O)c1cc2cc(N(Cc3ccc(-c4ccccc4)cc3)S(=O)(=O)c3cccc(Cl)c3)ccc2o1. The number of anilines is 1. The lowest BCUT2D eigenvalue weighted by atomic mass is 10.0. The first-order valence-electron chi connectivity index (χ1n) is 11.0. The Morgan fingerprint density at radius 3 is 2.25 bits per heavy atom. The number of hydrogen-bond donors (Lipinski definition) is 1.